The molecule has 1 aromatic rings. The number of hydrogen-bond donors (Lipinski definition) is 0. The normalized spacial score (nSPS) is 10.6. The van der Waals surface area contributed by atoms with E-state index in [1.54, 1.807) is 0 Å². The third kappa shape index (κ3) is 3.50. The van der Waals surface area contributed by atoms with E-state index in [-0.39, 0.29) is 0 Å². The predicted molar refractivity (Wildman–Crippen MR) is 63.7 cm³/mol. The standard InChI is InChI=1S/C9H10Br2S/c10-6-9(7-11)12-8-4-2-1-3-5-8/h1-5,9H,6-7H2. The van der Waals surface area contributed by atoms with Gasteiger partial charge in [0.1, 0.15) is 0 Å². The molecular formula is C9H10Br2S. The first-order chi connectivity index (χ1) is 5.86. The van der Waals surface area contributed by atoms with Gasteiger partial charge in [-0.05, 0) is 12.1 Å². The van der Waals surface area contributed by atoms with Crippen molar-refractivity contribution in [1.29, 1.82) is 0 Å². The molecule has 3 heteroatoms. The van der Waals surface area contributed by atoms with E-state index in [4.69, 9.17) is 0 Å². The third-order valence-electron chi connectivity index (χ3n) is 1.39. The average Bonchev–Trinajstić information content (AvgIpc) is 2.16. The van der Waals surface area contributed by atoms with Crippen LogP contribution in [-0.4, -0.2) is 15.9 Å². The van der Waals surface area contributed by atoms with E-state index in [2.05, 4.69) is 56.1 Å². The number of halogens is 2. The minimum atomic E-state index is 0.618. The first-order valence-corrected chi connectivity index (χ1v) is 6.82. The van der Waals surface area contributed by atoms with Crippen LogP contribution in [0.3, 0.4) is 0 Å². The van der Waals surface area contributed by atoms with Crippen molar-refractivity contribution in [2.75, 3.05) is 10.7 Å². The Hall–Kier alpha value is 0.530. The summed E-state index contributed by atoms with van der Waals surface area (Å²) >= 11 is 8.86. The summed E-state index contributed by atoms with van der Waals surface area (Å²) in [4.78, 5) is 1.33. The summed E-state index contributed by atoms with van der Waals surface area (Å²) in [6, 6.07) is 10.5. The quantitative estimate of drug-likeness (QED) is 0.600. The highest BCUT2D eigenvalue weighted by atomic mass is 79.9. The summed E-state index contributed by atoms with van der Waals surface area (Å²) in [5.41, 5.74) is 0. The van der Waals surface area contributed by atoms with E-state index in [1.807, 2.05) is 17.8 Å². The van der Waals surface area contributed by atoms with Gasteiger partial charge in [-0.15, -0.1) is 11.8 Å². The molecule has 66 valence electrons. The maximum Gasteiger partial charge on any atom is 0.0288 e. The SMILES string of the molecule is BrCC(CBr)Sc1ccccc1. The fourth-order valence-corrected chi connectivity index (χ4v) is 3.49. The molecule has 1 aromatic carbocycles. The van der Waals surface area contributed by atoms with Crippen LogP contribution in [-0.2, 0) is 0 Å². The number of benzene rings is 1. The van der Waals surface area contributed by atoms with Crippen LogP contribution in [0.4, 0.5) is 0 Å². The average molecular weight is 310 g/mol. The molecule has 0 unspecified atom stereocenters. The highest BCUT2D eigenvalue weighted by molar-refractivity contribution is 9.10. The van der Waals surface area contributed by atoms with Crippen LogP contribution in [0.15, 0.2) is 35.2 Å². The van der Waals surface area contributed by atoms with Crippen LogP contribution in [0.2, 0.25) is 0 Å². The number of thioether (sulfide) groups is 1. The molecule has 0 bridgehead atoms. The van der Waals surface area contributed by atoms with E-state index >= 15 is 0 Å². The molecule has 0 spiro atoms. The van der Waals surface area contributed by atoms with Crippen LogP contribution in [0, 0.1) is 0 Å². The van der Waals surface area contributed by atoms with Gasteiger partial charge in [0, 0.05) is 20.8 Å². The van der Waals surface area contributed by atoms with Crippen LogP contribution < -0.4 is 0 Å². The second kappa shape index (κ2) is 6.06. The first-order valence-electron chi connectivity index (χ1n) is 3.70. The van der Waals surface area contributed by atoms with Crippen molar-refractivity contribution in [2.45, 2.75) is 10.1 Å². The van der Waals surface area contributed by atoms with Crippen molar-refractivity contribution in [3.8, 4) is 0 Å². The lowest BCUT2D eigenvalue weighted by Gasteiger charge is -2.09. The summed E-state index contributed by atoms with van der Waals surface area (Å²) < 4.78 is 0. The molecule has 1 rings (SSSR count). The lowest BCUT2D eigenvalue weighted by atomic mass is 10.4. The zero-order chi connectivity index (χ0) is 8.81. The van der Waals surface area contributed by atoms with Crippen LogP contribution in [0.25, 0.3) is 0 Å². The van der Waals surface area contributed by atoms with Crippen molar-refractivity contribution in [1.82, 2.24) is 0 Å². The minimum absolute atomic E-state index is 0.618. The molecule has 0 aliphatic heterocycles. The topological polar surface area (TPSA) is 0 Å². The monoisotopic (exact) mass is 308 g/mol. The van der Waals surface area contributed by atoms with Gasteiger partial charge in [0.25, 0.3) is 0 Å². The van der Waals surface area contributed by atoms with Crippen LogP contribution in [0.1, 0.15) is 0 Å². The maximum atomic E-state index is 3.48. The van der Waals surface area contributed by atoms with Crippen molar-refractivity contribution in [2.24, 2.45) is 0 Å². The first kappa shape index (κ1) is 10.6. The second-order valence-corrected chi connectivity index (χ2v) is 5.03. The summed E-state index contributed by atoms with van der Waals surface area (Å²) in [6.45, 7) is 0. The van der Waals surface area contributed by atoms with E-state index in [1.165, 1.54) is 4.90 Å². The number of rotatable bonds is 4. The Morgan fingerprint density at radius 3 is 2.17 bits per heavy atom. The van der Waals surface area contributed by atoms with Crippen molar-refractivity contribution >= 4 is 43.6 Å². The summed E-state index contributed by atoms with van der Waals surface area (Å²) in [5.74, 6) is 0. The van der Waals surface area contributed by atoms with Gasteiger partial charge in [-0.1, -0.05) is 50.1 Å². The zero-order valence-electron chi connectivity index (χ0n) is 6.54. The fraction of sp³-hybridized carbons (Fsp3) is 0.333. The number of alkyl halides is 2. The molecule has 0 atom stereocenters. The summed E-state index contributed by atoms with van der Waals surface area (Å²) in [6.07, 6.45) is 0. The highest BCUT2D eigenvalue weighted by Gasteiger charge is 2.05. The molecule has 0 aromatic heterocycles. The Balaban J connectivity index is 2.51. The molecule has 0 saturated carbocycles. The lowest BCUT2D eigenvalue weighted by molar-refractivity contribution is 1.17. The van der Waals surface area contributed by atoms with Crippen LogP contribution in [0.5, 0.6) is 0 Å². The van der Waals surface area contributed by atoms with Gasteiger partial charge < -0.3 is 0 Å². The summed E-state index contributed by atoms with van der Waals surface area (Å²) in [7, 11) is 0. The third-order valence-corrected chi connectivity index (χ3v) is 5.02. The van der Waals surface area contributed by atoms with Gasteiger partial charge in [0.15, 0.2) is 0 Å². The highest BCUT2D eigenvalue weighted by Crippen LogP contribution is 2.25. The predicted octanol–water partition coefficient (Wildman–Crippen LogP) is 3.94. The Labute approximate surface area is 94.4 Å². The molecule has 0 radical (unpaired) electrons. The Morgan fingerprint density at radius 2 is 1.67 bits per heavy atom. The van der Waals surface area contributed by atoms with Gasteiger partial charge in [-0.3, -0.25) is 0 Å². The van der Waals surface area contributed by atoms with Crippen molar-refractivity contribution in [3.05, 3.63) is 30.3 Å². The largest absolute Gasteiger partial charge is 0.121 e. The molecule has 0 aliphatic carbocycles. The Bertz CT molecular complexity index is 209. The van der Waals surface area contributed by atoms with Gasteiger partial charge >= 0.3 is 0 Å². The van der Waals surface area contributed by atoms with E-state index < -0.39 is 0 Å². The lowest BCUT2D eigenvalue weighted by Crippen LogP contribution is -2.04. The van der Waals surface area contributed by atoms with Gasteiger partial charge in [0.05, 0.1) is 0 Å². The maximum absolute atomic E-state index is 3.48. The summed E-state index contributed by atoms with van der Waals surface area (Å²) in [5, 5.41) is 2.67. The Morgan fingerprint density at radius 1 is 1.08 bits per heavy atom. The molecule has 0 heterocycles. The van der Waals surface area contributed by atoms with E-state index in [0.717, 1.165) is 10.7 Å². The molecule has 12 heavy (non-hydrogen) atoms. The van der Waals surface area contributed by atoms with E-state index in [0.29, 0.717) is 5.25 Å². The molecule has 0 nitrogen and oxygen atoms in total. The van der Waals surface area contributed by atoms with Crippen LogP contribution >= 0.6 is 43.6 Å². The molecule has 0 N–H and O–H groups in total. The zero-order valence-corrected chi connectivity index (χ0v) is 10.5. The molecule has 0 saturated heterocycles. The minimum Gasteiger partial charge on any atom is -0.121 e. The van der Waals surface area contributed by atoms with E-state index in [9.17, 15) is 0 Å². The van der Waals surface area contributed by atoms with Crippen molar-refractivity contribution < 1.29 is 0 Å². The fourth-order valence-electron chi connectivity index (χ4n) is 0.796. The van der Waals surface area contributed by atoms with Gasteiger partial charge in [-0.2, -0.15) is 0 Å². The number of hydrogen-bond acceptors (Lipinski definition) is 1. The Kier molecular flexibility index (Phi) is 5.35. The molecule has 0 amide bonds. The smallest absolute Gasteiger partial charge is 0.0288 e. The molecular weight excluding hydrogens is 300 g/mol. The molecule has 0 fully saturated rings. The molecule has 0 aliphatic rings. The van der Waals surface area contributed by atoms with Gasteiger partial charge in [-0.25, -0.2) is 0 Å². The van der Waals surface area contributed by atoms with Gasteiger partial charge in [0.2, 0.25) is 0 Å². The van der Waals surface area contributed by atoms with Crippen molar-refractivity contribution in [3.63, 3.8) is 0 Å². The second-order valence-electron chi connectivity index (χ2n) is 2.36.